The number of aliphatic hydroxyl groups is 1. The maximum absolute atomic E-state index is 13.3. The topological polar surface area (TPSA) is 68.2 Å². The molecular weight excluding hydrogens is 358 g/mol. The highest BCUT2D eigenvalue weighted by atomic mass is 16.5. The molecule has 1 saturated heterocycles. The minimum absolute atomic E-state index is 0.106. The number of benzene rings is 2. The van der Waals surface area contributed by atoms with Gasteiger partial charge in [-0.05, 0) is 30.7 Å². The lowest BCUT2D eigenvalue weighted by molar-refractivity contribution is -0.0811. The smallest absolute Gasteiger partial charge is 0.254 e. The van der Waals surface area contributed by atoms with Crippen molar-refractivity contribution in [3.05, 3.63) is 65.7 Å². The second kappa shape index (κ2) is 10.2. The highest BCUT2D eigenvalue weighted by molar-refractivity contribution is 5.95. The zero-order valence-electron chi connectivity index (χ0n) is 16.1. The van der Waals surface area contributed by atoms with Gasteiger partial charge >= 0.3 is 0 Å². The van der Waals surface area contributed by atoms with E-state index >= 15 is 0 Å². The molecule has 2 aromatic carbocycles. The van der Waals surface area contributed by atoms with E-state index < -0.39 is 6.10 Å². The Morgan fingerprint density at radius 3 is 2.75 bits per heavy atom. The molecule has 150 valence electrons. The average molecular weight is 385 g/mol. The fourth-order valence-corrected chi connectivity index (χ4v) is 3.41. The molecule has 2 unspecified atom stereocenters. The molecule has 0 saturated carbocycles. The van der Waals surface area contributed by atoms with Crippen molar-refractivity contribution in [3.8, 4) is 5.75 Å². The van der Waals surface area contributed by atoms with Crippen LogP contribution < -0.4 is 4.74 Å². The van der Waals surface area contributed by atoms with Crippen LogP contribution in [0.5, 0.6) is 5.75 Å². The molecule has 1 N–H and O–H groups in total. The summed E-state index contributed by atoms with van der Waals surface area (Å²) in [6.07, 6.45) is -0.453. The molecule has 0 aromatic heterocycles. The van der Waals surface area contributed by atoms with E-state index in [1.54, 1.807) is 17.0 Å². The summed E-state index contributed by atoms with van der Waals surface area (Å²) >= 11 is 0. The highest BCUT2D eigenvalue weighted by Crippen LogP contribution is 2.31. The Labute approximate surface area is 165 Å². The van der Waals surface area contributed by atoms with Crippen LogP contribution in [0.3, 0.4) is 0 Å². The Balaban J connectivity index is 1.79. The van der Waals surface area contributed by atoms with Gasteiger partial charge in [-0.15, -0.1) is 0 Å². The van der Waals surface area contributed by atoms with Crippen molar-refractivity contribution in [2.75, 3.05) is 39.6 Å². The molecular formula is C22H27NO5. The van der Waals surface area contributed by atoms with Crippen molar-refractivity contribution in [2.45, 2.75) is 19.1 Å². The number of hydrogen-bond acceptors (Lipinski definition) is 5. The fourth-order valence-electron chi connectivity index (χ4n) is 3.41. The molecule has 1 fully saturated rings. The van der Waals surface area contributed by atoms with Crippen molar-refractivity contribution in [2.24, 2.45) is 0 Å². The first-order valence-corrected chi connectivity index (χ1v) is 9.63. The van der Waals surface area contributed by atoms with Gasteiger partial charge < -0.3 is 24.2 Å². The third kappa shape index (κ3) is 4.90. The lowest BCUT2D eigenvalue weighted by atomic mass is 9.97. The summed E-state index contributed by atoms with van der Waals surface area (Å²) in [5.41, 5.74) is 1.49. The van der Waals surface area contributed by atoms with Crippen molar-refractivity contribution >= 4 is 5.91 Å². The average Bonchev–Trinajstić information content (AvgIpc) is 2.76. The van der Waals surface area contributed by atoms with Crippen molar-refractivity contribution < 1.29 is 24.1 Å². The third-order valence-corrected chi connectivity index (χ3v) is 4.72. The van der Waals surface area contributed by atoms with Crippen LogP contribution in [0.2, 0.25) is 0 Å². The maximum Gasteiger partial charge on any atom is 0.254 e. The number of aliphatic hydroxyl groups excluding tert-OH is 1. The minimum atomic E-state index is -0.453. The van der Waals surface area contributed by atoms with Crippen LogP contribution in [0.4, 0.5) is 0 Å². The van der Waals surface area contributed by atoms with E-state index in [9.17, 15) is 9.90 Å². The largest absolute Gasteiger partial charge is 0.491 e. The standard InChI is InChI=1S/C22H27NO5/c1-2-26-13-14-27-19-10-6-9-18(15-19)22(25)23-11-12-28-20(16-24)21(23)17-7-4-3-5-8-17/h3-10,15,20-21,24H,2,11-14,16H2,1H3. The summed E-state index contributed by atoms with van der Waals surface area (Å²) in [5, 5.41) is 9.78. The van der Waals surface area contributed by atoms with Gasteiger partial charge in [0, 0.05) is 18.7 Å². The quantitative estimate of drug-likeness (QED) is 0.708. The van der Waals surface area contributed by atoms with Gasteiger partial charge in [0.25, 0.3) is 5.91 Å². The lowest BCUT2D eigenvalue weighted by Crippen LogP contribution is -2.49. The predicted octanol–water partition coefficient (Wildman–Crippen LogP) is 2.68. The SMILES string of the molecule is CCOCCOc1cccc(C(=O)N2CCOC(CO)C2c2ccccc2)c1. The molecule has 28 heavy (non-hydrogen) atoms. The number of carbonyl (C=O) groups is 1. The van der Waals surface area contributed by atoms with Gasteiger partial charge in [-0.2, -0.15) is 0 Å². The number of rotatable bonds is 8. The molecule has 1 aliphatic heterocycles. The molecule has 1 aliphatic rings. The first-order valence-electron chi connectivity index (χ1n) is 9.63. The van der Waals surface area contributed by atoms with Gasteiger partial charge in [-0.1, -0.05) is 36.4 Å². The first kappa shape index (κ1) is 20.3. The Morgan fingerprint density at radius 1 is 1.18 bits per heavy atom. The van der Waals surface area contributed by atoms with Crippen LogP contribution in [0.1, 0.15) is 28.9 Å². The van der Waals surface area contributed by atoms with Crippen molar-refractivity contribution in [3.63, 3.8) is 0 Å². The summed E-state index contributed by atoms with van der Waals surface area (Å²) in [6, 6.07) is 16.5. The van der Waals surface area contributed by atoms with E-state index in [-0.39, 0.29) is 18.6 Å². The monoisotopic (exact) mass is 385 g/mol. The predicted molar refractivity (Wildman–Crippen MR) is 105 cm³/mol. The normalized spacial score (nSPS) is 19.4. The molecule has 0 bridgehead atoms. The maximum atomic E-state index is 13.3. The number of carbonyl (C=O) groups excluding carboxylic acids is 1. The van der Waals surface area contributed by atoms with E-state index in [1.807, 2.05) is 49.4 Å². The van der Waals surface area contributed by atoms with Gasteiger partial charge in [0.15, 0.2) is 0 Å². The number of nitrogens with zero attached hydrogens (tertiary/aromatic N) is 1. The Bertz CT molecular complexity index is 752. The zero-order valence-corrected chi connectivity index (χ0v) is 16.1. The molecule has 0 spiro atoms. The van der Waals surface area contributed by atoms with Gasteiger partial charge in [0.1, 0.15) is 18.5 Å². The molecule has 2 atom stereocenters. The van der Waals surface area contributed by atoms with Crippen LogP contribution in [0, 0.1) is 0 Å². The summed E-state index contributed by atoms with van der Waals surface area (Å²) in [4.78, 5) is 15.1. The molecule has 0 radical (unpaired) electrons. The molecule has 2 aromatic rings. The minimum Gasteiger partial charge on any atom is -0.491 e. The Hall–Kier alpha value is -2.41. The summed E-state index contributed by atoms with van der Waals surface area (Å²) in [5.74, 6) is 0.527. The van der Waals surface area contributed by atoms with Crippen LogP contribution in [-0.4, -0.2) is 61.6 Å². The number of amides is 1. The van der Waals surface area contributed by atoms with E-state index in [1.165, 1.54) is 0 Å². The molecule has 6 heteroatoms. The summed E-state index contributed by atoms with van der Waals surface area (Å²) in [7, 11) is 0. The molecule has 1 heterocycles. The fraction of sp³-hybridized carbons (Fsp3) is 0.409. The second-order valence-electron chi connectivity index (χ2n) is 6.52. The second-order valence-corrected chi connectivity index (χ2v) is 6.52. The van der Waals surface area contributed by atoms with Gasteiger partial charge in [-0.25, -0.2) is 0 Å². The van der Waals surface area contributed by atoms with E-state index in [2.05, 4.69) is 0 Å². The van der Waals surface area contributed by atoms with E-state index in [4.69, 9.17) is 14.2 Å². The van der Waals surface area contributed by atoms with Crippen LogP contribution in [0.25, 0.3) is 0 Å². The van der Waals surface area contributed by atoms with Crippen LogP contribution >= 0.6 is 0 Å². The van der Waals surface area contributed by atoms with Crippen LogP contribution in [0.15, 0.2) is 54.6 Å². The number of hydrogen-bond donors (Lipinski definition) is 1. The lowest BCUT2D eigenvalue weighted by Gasteiger charge is -2.41. The third-order valence-electron chi connectivity index (χ3n) is 4.72. The van der Waals surface area contributed by atoms with Crippen molar-refractivity contribution in [1.82, 2.24) is 4.90 Å². The van der Waals surface area contributed by atoms with E-state index in [0.717, 1.165) is 5.56 Å². The Morgan fingerprint density at radius 2 is 2.00 bits per heavy atom. The first-order chi connectivity index (χ1) is 13.7. The van der Waals surface area contributed by atoms with Gasteiger partial charge in [0.05, 0.1) is 25.9 Å². The molecule has 1 amide bonds. The highest BCUT2D eigenvalue weighted by Gasteiger charge is 2.36. The molecule has 0 aliphatic carbocycles. The number of ether oxygens (including phenoxy) is 3. The van der Waals surface area contributed by atoms with Gasteiger partial charge in [0.2, 0.25) is 0 Å². The molecule has 3 rings (SSSR count). The molecule has 6 nitrogen and oxygen atoms in total. The van der Waals surface area contributed by atoms with Crippen LogP contribution in [-0.2, 0) is 9.47 Å². The Kier molecular flexibility index (Phi) is 7.42. The number of morpholine rings is 1. The van der Waals surface area contributed by atoms with E-state index in [0.29, 0.717) is 44.3 Å². The van der Waals surface area contributed by atoms with Crippen molar-refractivity contribution in [1.29, 1.82) is 0 Å². The van der Waals surface area contributed by atoms with Gasteiger partial charge in [-0.3, -0.25) is 4.79 Å². The summed E-state index contributed by atoms with van der Waals surface area (Å²) in [6.45, 7) is 4.23. The zero-order chi connectivity index (χ0) is 19.8. The summed E-state index contributed by atoms with van der Waals surface area (Å²) < 4.78 is 16.7.